The molecule has 0 aliphatic heterocycles. The fraction of sp³-hybridized carbons (Fsp3) is 0.100. The minimum Gasteiger partial charge on any atom is -0.494 e. The highest BCUT2D eigenvalue weighted by Gasteiger charge is 2.11. The lowest BCUT2D eigenvalue weighted by Gasteiger charge is -2.00. The molecule has 0 fully saturated rings. The first kappa shape index (κ1) is 9.92. The number of benzene rings is 1. The zero-order valence-electron chi connectivity index (χ0n) is 7.78. The second-order valence-electron chi connectivity index (χ2n) is 2.94. The topological polar surface area (TPSA) is 46.5 Å². The van der Waals surface area contributed by atoms with E-state index in [1.807, 2.05) is 0 Å². The molecule has 0 unspecified atom stereocenters. The molecule has 1 heterocycles. The first-order chi connectivity index (χ1) is 7.11. The van der Waals surface area contributed by atoms with Crippen molar-refractivity contribution < 1.29 is 19.0 Å². The van der Waals surface area contributed by atoms with Crippen LogP contribution >= 0.6 is 11.3 Å². The Balaban J connectivity index is 2.66. The van der Waals surface area contributed by atoms with Crippen molar-refractivity contribution in [2.75, 3.05) is 7.11 Å². The Morgan fingerprint density at radius 3 is 2.80 bits per heavy atom. The number of fused-ring (bicyclic) bond motifs is 1. The maximum atomic E-state index is 13.3. The monoisotopic (exact) mass is 226 g/mol. The Morgan fingerprint density at radius 1 is 1.47 bits per heavy atom. The van der Waals surface area contributed by atoms with Crippen molar-refractivity contribution in [3.63, 3.8) is 0 Å². The lowest BCUT2D eigenvalue weighted by molar-refractivity contribution is 0.0702. The van der Waals surface area contributed by atoms with Gasteiger partial charge in [-0.1, -0.05) is 0 Å². The van der Waals surface area contributed by atoms with Crippen LogP contribution in [0, 0.1) is 5.82 Å². The highest BCUT2D eigenvalue weighted by atomic mass is 32.1. The molecule has 5 heteroatoms. The summed E-state index contributed by atoms with van der Waals surface area (Å²) in [4.78, 5) is 10.9. The number of thiophene rings is 1. The number of hydrogen-bond acceptors (Lipinski definition) is 3. The van der Waals surface area contributed by atoms with E-state index in [-0.39, 0.29) is 10.6 Å². The number of rotatable bonds is 2. The van der Waals surface area contributed by atoms with E-state index in [9.17, 15) is 9.18 Å². The quantitative estimate of drug-likeness (QED) is 0.856. The van der Waals surface area contributed by atoms with Crippen molar-refractivity contribution in [1.82, 2.24) is 0 Å². The summed E-state index contributed by atoms with van der Waals surface area (Å²) in [6.45, 7) is 0. The Bertz CT molecular complexity index is 533. The fourth-order valence-corrected chi connectivity index (χ4v) is 2.21. The summed E-state index contributed by atoms with van der Waals surface area (Å²) in [6.07, 6.45) is 0. The minimum atomic E-state index is -1.00. The summed E-state index contributed by atoms with van der Waals surface area (Å²) in [5.41, 5.74) is 0. The molecule has 0 aliphatic carbocycles. The van der Waals surface area contributed by atoms with Gasteiger partial charge >= 0.3 is 5.97 Å². The summed E-state index contributed by atoms with van der Waals surface area (Å²) < 4.78 is 18.8. The molecule has 0 saturated heterocycles. The van der Waals surface area contributed by atoms with Crippen LogP contribution in [0.1, 0.15) is 9.67 Å². The number of carboxylic acid groups (broad SMARTS) is 1. The summed E-state index contributed by atoms with van der Waals surface area (Å²) >= 11 is 1.10. The van der Waals surface area contributed by atoms with E-state index in [1.54, 1.807) is 0 Å². The van der Waals surface area contributed by atoms with Gasteiger partial charge < -0.3 is 9.84 Å². The van der Waals surface area contributed by atoms with Crippen molar-refractivity contribution in [3.05, 3.63) is 28.9 Å². The number of methoxy groups -OCH3 is 1. The van der Waals surface area contributed by atoms with E-state index in [1.165, 1.54) is 25.3 Å². The molecular formula is C10H7FO3S. The number of carbonyl (C=O) groups is 1. The van der Waals surface area contributed by atoms with Crippen LogP contribution < -0.4 is 4.74 Å². The predicted molar refractivity (Wildman–Crippen MR) is 55.3 cm³/mol. The molecule has 0 aliphatic rings. The van der Waals surface area contributed by atoms with Gasteiger partial charge in [-0.3, -0.25) is 0 Å². The molecule has 1 N–H and O–H groups in total. The van der Waals surface area contributed by atoms with Crippen LogP contribution in [0.3, 0.4) is 0 Å². The number of halogens is 1. The molecular weight excluding hydrogens is 219 g/mol. The third-order valence-electron chi connectivity index (χ3n) is 2.00. The summed E-state index contributed by atoms with van der Waals surface area (Å²) in [7, 11) is 1.37. The first-order valence-corrected chi connectivity index (χ1v) is 4.94. The van der Waals surface area contributed by atoms with Crippen LogP contribution in [-0.2, 0) is 0 Å². The third-order valence-corrected chi connectivity index (χ3v) is 3.09. The van der Waals surface area contributed by atoms with Crippen molar-refractivity contribution in [2.24, 2.45) is 0 Å². The van der Waals surface area contributed by atoms with E-state index >= 15 is 0 Å². The highest BCUT2D eigenvalue weighted by Crippen LogP contribution is 2.31. The van der Waals surface area contributed by atoms with Crippen molar-refractivity contribution in [1.29, 1.82) is 0 Å². The maximum Gasteiger partial charge on any atom is 0.345 e. The molecule has 0 atom stereocenters. The van der Waals surface area contributed by atoms with Gasteiger partial charge in [0.25, 0.3) is 0 Å². The van der Waals surface area contributed by atoms with Gasteiger partial charge in [-0.05, 0) is 17.5 Å². The molecule has 78 valence electrons. The fourth-order valence-electron chi connectivity index (χ4n) is 1.30. The molecule has 3 nitrogen and oxygen atoms in total. The van der Waals surface area contributed by atoms with Crippen molar-refractivity contribution >= 4 is 27.4 Å². The Hall–Kier alpha value is -1.62. The zero-order valence-corrected chi connectivity index (χ0v) is 8.60. The molecule has 0 spiro atoms. The first-order valence-electron chi connectivity index (χ1n) is 4.12. The van der Waals surface area contributed by atoms with Gasteiger partial charge in [0.1, 0.15) is 4.88 Å². The van der Waals surface area contributed by atoms with E-state index in [0.717, 1.165) is 11.3 Å². The molecule has 1 aromatic heterocycles. The number of ether oxygens (including phenoxy) is 1. The van der Waals surface area contributed by atoms with Gasteiger partial charge in [0.2, 0.25) is 0 Å². The maximum absolute atomic E-state index is 13.3. The normalized spacial score (nSPS) is 10.5. The van der Waals surface area contributed by atoms with Gasteiger partial charge in [0.15, 0.2) is 11.6 Å². The molecule has 0 bridgehead atoms. The molecule has 2 rings (SSSR count). The summed E-state index contributed by atoms with van der Waals surface area (Å²) in [5.74, 6) is -1.36. The zero-order chi connectivity index (χ0) is 11.0. The lowest BCUT2D eigenvalue weighted by Crippen LogP contribution is -1.89. The molecule has 0 radical (unpaired) electrons. The van der Waals surface area contributed by atoms with Crippen molar-refractivity contribution in [3.8, 4) is 5.75 Å². The number of hydrogen-bond donors (Lipinski definition) is 1. The van der Waals surface area contributed by atoms with E-state index in [2.05, 4.69) is 0 Å². The Labute approximate surface area is 88.7 Å². The second-order valence-corrected chi connectivity index (χ2v) is 4.02. The lowest BCUT2D eigenvalue weighted by atomic mass is 10.2. The Kier molecular flexibility index (Phi) is 2.32. The third kappa shape index (κ3) is 1.66. The standard InChI is InChI=1S/C10H7FO3S/c1-14-7-4-8-5(2-6(7)11)3-9(15-8)10(12)13/h2-4H,1H3,(H,12,13). The number of carboxylic acids is 1. The van der Waals surface area contributed by atoms with Crippen molar-refractivity contribution in [2.45, 2.75) is 0 Å². The van der Waals surface area contributed by atoms with Crippen LogP contribution in [0.4, 0.5) is 4.39 Å². The van der Waals surface area contributed by atoms with E-state index < -0.39 is 11.8 Å². The molecule has 2 aromatic rings. The van der Waals surface area contributed by atoms with E-state index in [0.29, 0.717) is 10.1 Å². The molecule has 0 amide bonds. The smallest absolute Gasteiger partial charge is 0.345 e. The van der Waals surface area contributed by atoms with E-state index in [4.69, 9.17) is 9.84 Å². The van der Waals surface area contributed by atoms with Crippen LogP contribution in [0.5, 0.6) is 5.75 Å². The van der Waals surface area contributed by atoms with Gasteiger partial charge in [0, 0.05) is 10.8 Å². The minimum absolute atomic E-state index is 0.126. The number of aromatic carboxylic acids is 1. The Morgan fingerprint density at radius 2 is 2.20 bits per heavy atom. The largest absolute Gasteiger partial charge is 0.494 e. The summed E-state index contributed by atoms with van der Waals surface area (Å²) in [6, 6.07) is 4.23. The molecule has 15 heavy (non-hydrogen) atoms. The predicted octanol–water partition coefficient (Wildman–Crippen LogP) is 2.75. The van der Waals surface area contributed by atoms with Crippen LogP contribution in [0.15, 0.2) is 18.2 Å². The SMILES string of the molecule is COc1cc2sc(C(=O)O)cc2cc1F. The molecule has 1 aromatic carbocycles. The van der Waals surface area contributed by atoms with Gasteiger partial charge in [0.05, 0.1) is 7.11 Å². The highest BCUT2D eigenvalue weighted by molar-refractivity contribution is 7.20. The molecule has 0 saturated carbocycles. The average molecular weight is 226 g/mol. The van der Waals surface area contributed by atoms with Crippen LogP contribution in [0.2, 0.25) is 0 Å². The van der Waals surface area contributed by atoms with Crippen LogP contribution in [-0.4, -0.2) is 18.2 Å². The average Bonchev–Trinajstić information content (AvgIpc) is 2.59. The van der Waals surface area contributed by atoms with Gasteiger partial charge in [-0.15, -0.1) is 11.3 Å². The second kappa shape index (κ2) is 3.51. The summed E-state index contributed by atoms with van der Waals surface area (Å²) in [5, 5.41) is 9.35. The van der Waals surface area contributed by atoms with Crippen LogP contribution in [0.25, 0.3) is 10.1 Å². The van der Waals surface area contributed by atoms with Gasteiger partial charge in [-0.25, -0.2) is 9.18 Å². The van der Waals surface area contributed by atoms with Gasteiger partial charge in [-0.2, -0.15) is 0 Å².